The number of hydrogen-bond donors (Lipinski definition) is 2. The molecule has 2 amide bonds. The molecule has 2 aromatic carbocycles. The Balaban J connectivity index is 1.34. The molecule has 2 N–H and O–H groups in total. The van der Waals surface area contributed by atoms with Gasteiger partial charge in [-0.2, -0.15) is 0 Å². The van der Waals surface area contributed by atoms with Crippen molar-refractivity contribution < 1.29 is 13.9 Å². The zero-order chi connectivity index (χ0) is 19.5. The molecule has 2 atom stereocenters. The number of fused-ring (bicyclic) bond motifs is 2. The van der Waals surface area contributed by atoms with Crippen LogP contribution in [-0.4, -0.2) is 36.2 Å². The number of anilines is 1. The maximum absolute atomic E-state index is 13.1. The summed E-state index contributed by atoms with van der Waals surface area (Å²) in [6.45, 7) is 0.843. The summed E-state index contributed by atoms with van der Waals surface area (Å²) in [4.78, 5) is 15.0. The van der Waals surface area contributed by atoms with Crippen molar-refractivity contribution in [3.8, 4) is 5.75 Å². The van der Waals surface area contributed by atoms with E-state index in [2.05, 4.69) is 15.5 Å². The molecule has 0 spiro atoms. The van der Waals surface area contributed by atoms with Gasteiger partial charge in [-0.15, -0.1) is 0 Å². The van der Waals surface area contributed by atoms with Crippen molar-refractivity contribution in [2.45, 2.75) is 50.4 Å². The standard InChI is InChI=1S/C22H26FN3O2/c1-28-21-5-3-2-4-20(21)25-22(27)24-17-12-18-10-11-19(13-17)26(18)14-15-6-8-16(23)9-7-15/h2-9,17-19H,10-14H2,1H3,(H2,24,25,27). The maximum atomic E-state index is 13.1. The smallest absolute Gasteiger partial charge is 0.319 e. The van der Waals surface area contributed by atoms with Crippen LogP contribution in [0.2, 0.25) is 0 Å². The average molecular weight is 383 g/mol. The topological polar surface area (TPSA) is 53.6 Å². The number of benzene rings is 2. The minimum Gasteiger partial charge on any atom is -0.495 e. The van der Waals surface area contributed by atoms with Crippen molar-refractivity contribution >= 4 is 11.7 Å². The van der Waals surface area contributed by atoms with Gasteiger partial charge < -0.3 is 15.4 Å². The van der Waals surface area contributed by atoms with Gasteiger partial charge in [0.15, 0.2) is 0 Å². The third kappa shape index (κ3) is 4.12. The van der Waals surface area contributed by atoms with Crippen molar-refractivity contribution in [1.82, 2.24) is 10.2 Å². The van der Waals surface area contributed by atoms with Gasteiger partial charge in [0, 0.05) is 24.7 Å². The molecule has 2 aromatic rings. The molecule has 2 bridgehead atoms. The van der Waals surface area contributed by atoms with E-state index in [-0.39, 0.29) is 17.9 Å². The fourth-order valence-electron chi connectivity index (χ4n) is 4.54. The molecule has 0 saturated carbocycles. The molecular weight excluding hydrogens is 357 g/mol. The van der Waals surface area contributed by atoms with Crippen LogP contribution in [0.3, 0.4) is 0 Å². The van der Waals surface area contributed by atoms with Crippen LogP contribution in [0, 0.1) is 5.82 Å². The highest BCUT2D eigenvalue weighted by molar-refractivity contribution is 5.91. The molecule has 0 radical (unpaired) electrons. The SMILES string of the molecule is COc1ccccc1NC(=O)NC1CC2CCC(C1)N2Cc1ccc(F)cc1. The van der Waals surface area contributed by atoms with Gasteiger partial charge in [0.1, 0.15) is 11.6 Å². The van der Waals surface area contributed by atoms with Crippen molar-refractivity contribution in [2.75, 3.05) is 12.4 Å². The second-order valence-electron chi connectivity index (χ2n) is 7.65. The number of piperidine rings is 1. The number of nitrogens with zero attached hydrogens (tertiary/aromatic N) is 1. The predicted molar refractivity (Wildman–Crippen MR) is 107 cm³/mol. The van der Waals surface area contributed by atoms with E-state index in [1.54, 1.807) is 7.11 Å². The van der Waals surface area contributed by atoms with E-state index in [1.807, 2.05) is 36.4 Å². The molecule has 0 aromatic heterocycles. The van der Waals surface area contributed by atoms with Gasteiger partial charge >= 0.3 is 6.03 Å². The lowest BCUT2D eigenvalue weighted by atomic mass is 9.96. The molecule has 2 aliphatic heterocycles. The van der Waals surface area contributed by atoms with Gasteiger partial charge in [-0.3, -0.25) is 4.90 Å². The quantitative estimate of drug-likeness (QED) is 0.816. The fraction of sp³-hybridized carbons (Fsp3) is 0.409. The Hall–Kier alpha value is -2.60. The van der Waals surface area contributed by atoms with Gasteiger partial charge in [-0.05, 0) is 55.5 Å². The fourth-order valence-corrected chi connectivity index (χ4v) is 4.54. The molecule has 2 saturated heterocycles. The van der Waals surface area contributed by atoms with Gasteiger partial charge in [0.2, 0.25) is 0 Å². The Labute approximate surface area is 164 Å². The van der Waals surface area contributed by atoms with Crippen LogP contribution >= 0.6 is 0 Å². The third-order valence-corrected chi connectivity index (χ3v) is 5.85. The highest BCUT2D eigenvalue weighted by Crippen LogP contribution is 2.37. The number of methoxy groups -OCH3 is 1. The number of nitrogens with one attached hydrogen (secondary N) is 2. The summed E-state index contributed by atoms with van der Waals surface area (Å²) >= 11 is 0. The summed E-state index contributed by atoms with van der Waals surface area (Å²) < 4.78 is 18.4. The monoisotopic (exact) mass is 383 g/mol. The van der Waals surface area contributed by atoms with Crippen molar-refractivity contribution in [3.05, 3.63) is 59.9 Å². The van der Waals surface area contributed by atoms with E-state index in [0.29, 0.717) is 23.5 Å². The van der Waals surface area contributed by atoms with E-state index in [0.717, 1.165) is 37.8 Å². The molecular formula is C22H26FN3O2. The zero-order valence-corrected chi connectivity index (χ0v) is 16.0. The van der Waals surface area contributed by atoms with E-state index in [9.17, 15) is 9.18 Å². The van der Waals surface area contributed by atoms with Crippen LogP contribution in [0.25, 0.3) is 0 Å². The van der Waals surface area contributed by atoms with Gasteiger partial charge in [-0.25, -0.2) is 9.18 Å². The number of carbonyl (C=O) groups is 1. The first-order valence-electron chi connectivity index (χ1n) is 9.83. The summed E-state index contributed by atoms with van der Waals surface area (Å²) in [6.07, 6.45) is 4.18. The molecule has 2 aliphatic rings. The van der Waals surface area contributed by atoms with Crippen LogP contribution in [0.15, 0.2) is 48.5 Å². The first kappa shape index (κ1) is 18.7. The molecule has 2 fully saturated rings. The molecule has 2 unspecified atom stereocenters. The molecule has 148 valence electrons. The Morgan fingerprint density at radius 3 is 2.46 bits per heavy atom. The number of ether oxygens (including phenoxy) is 1. The lowest BCUT2D eigenvalue weighted by molar-refractivity contribution is 0.112. The zero-order valence-electron chi connectivity index (χ0n) is 16.0. The number of amides is 2. The second-order valence-corrected chi connectivity index (χ2v) is 7.65. The van der Waals surface area contributed by atoms with Crippen molar-refractivity contribution in [1.29, 1.82) is 0 Å². The van der Waals surface area contributed by atoms with Gasteiger partial charge in [-0.1, -0.05) is 24.3 Å². The summed E-state index contributed by atoms with van der Waals surface area (Å²) in [6, 6.07) is 15.0. The van der Waals surface area contributed by atoms with Crippen molar-refractivity contribution in [2.24, 2.45) is 0 Å². The van der Waals surface area contributed by atoms with Crippen LogP contribution in [0.5, 0.6) is 5.75 Å². The van der Waals surface area contributed by atoms with E-state index in [1.165, 1.54) is 12.1 Å². The molecule has 0 aliphatic carbocycles. The van der Waals surface area contributed by atoms with E-state index >= 15 is 0 Å². The Morgan fingerprint density at radius 1 is 1.11 bits per heavy atom. The number of carbonyl (C=O) groups excluding carboxylic acids is 1. The number of urea groups is 1. The number of rotatable bonds is 5. The Bertz CT molecular complexity index is 813. The molecule has 5 nitrogen and oxygen atoms in total. The normalized spacial score (nSPS) is 24.0. The Kier molecular flexibility index (Phi) is 5.48. The summed E-state index contributed by atoms with van der Waals surface area (Å²) in [5.74, 6) is 0.447. The van der Waals surface area contributed by atoms with E-state index < -0.39 is 0 Å². The minimum atomic E-state index is -0.198. The maximum Gasteiger partial charge on any atom is 0.319 e. The minimum absolute atomic E-state index is 0.164. The number of para-hydroxylation sites is 2. The average Bonchev–Trinajstić information content (AvgIpc) is 2.92. The number of halogens is 1. The van der Waals surface area contributed by atoms with E-state index in [4.69, 9.17) is 4.74 Å². The highest BCUT2D eigenvalue weighted by atomic mass is 19.1. The molecule has 28 heavy (non-hydrogen) atoms. The highest BCUT2D eigenvalue weighted by Gasteiger charge is 2.40. The Morgan fingerprint density at radius 2 is 1.79 bits per heavy atom. The first-order valence-corrected chi connectivity index (χ1v) is 9.83. The van der Waals surface area contributed by atoms with Crippen molar-refractivity contribution in [3.63, 3.8) is 0 Å². The lowest BCUT2D eigenvalue weighted by Gasteiger charge is -2.39. The number of hydrogen-bond acceptors (Lipinski definition) is 3. The first-order chi connectivity index (χ1) is 13.6. The largest absolute Gasteiger partial charge is 0.495 e. The van der Waals surface area contributed by atoms with Gasteiger partial charge in [0.25, 0.3) is 0 Å². The van der Waals surface area contributed by atoms with Crippen LogP contribution < -0.4 is 15.4 Å². The lowest BCUT2D eigenvalue weighted by Crippen LogP contribution is -2.50. The van der Waals surface area contributed by atoms with Crippen LogP contribution in [-0.2, 0) is 6.54 Å². The van der Waals surface area contributed by atoms with Crippen LogP contribution in [0.4, 0.5) is 14.9 Å². The predicted octanol–water partition coefficient (Wildman–Crippen LogP) is 4.15. The molecule has 4 rings (SSSR count). The summed E-state index contributed by atoms with van der Waals surface area (Å²) in [7, 11) is 1.59. The third-order valence-electron chi connectivity index (χ3n) is 5.85. The summed E-state index contributed by atoms with van der Waals surface area (Å²) in [5, 5.41) is 6.02. The summed E-state index contributed by atoms with van der Waals surface area (Å²) in [5.41, 5.74) is 1.80. The van der Waals surface area contributed by atoms with Crippen LogP contribution in [0.1, 0.15) is 31.2 Å². The second kappa shape index (κ2) is 8.19. The van der Waals surface area contributed by atoms with Gasteiger partial charge in [0.05, 0.1) is 12.8 Å². The molecule has 2 heterocycles. The molecule has 6 heteroatoms.